The average Bonchev–Trinajstić information content (AvgIpc) is 3.13. The second-order valence-electron chi connectivity index (χ2n) is 6.84. The molecule has 0 unspecified atom stereocenters. The molecule has 28 heavy (non-hydrogen) atoms. The highest BCUT2D eigenvalue weighted by atomic mass is 16.1. The molecule has 0 saturated heterocycles. The summed E-state index contributed by atoms with van der Waals surface area (Å²) in [6, 6.07) is 7.37. The van der Waals surface area contributed by atoms with Crippen LogP contribution in [0.2, 0.25) is 0 Å². The number of aryl methyl sites for hydroxylation is 2. The number of nitrogens with zero attached hydrogens (tertiary/aromatic N) is 3. The molecule has 1 aliphatic rings. The molecule has 140 valence electrons. The maximum absolute atomic E-state index is 12.4. The minimum Gasteiger partial charge on any atom is -0.323 e. The second kappa shape index (κ2) is 7.60. The standard InChI is InChI=1S/C22H20N4O2/c1-26-14-17(13-24-26)19-9-10-23-12-16(19)5-8-22(28)25-18-6-7-20-15(11-18)3-2-4-21(20)27/h5-14H,2-4H2,1H3,(H,25,28). The van der Waals surface area contributed by atoms with Crippen LogP contribution in [-0.2, 0) is 18.3 Å². The lowest BCUT2D eigenvalue weighted by Crippen LogP contribution is -2.13. The lowest BCUT2D eigenvalue weighted by atomic mass is 9.90. The number of rotatable bonds is 4. The van der Waals surface area contributed by atoms with E-state index >= 15 is 0 Å². The third kappa shape index (κ3) is 3.76. The van der Waals surface area contributed by atoms with E-state index in [2.05, 4.69) is 15.4 Å². The minimum atomic E-state index is -0.233. The molecule has 0 aliphatic heterocycles. The SMILES string of the molecule is Cn1cc(-c2ccncc2C=CC(=O)Nc2ccc3c(c2)CCCC3=O)cn1. The fourth-order valence-electron chi connectivity index (χ4n) is 3.44. The second-order valence-corrected chi connectivity index (χ2v) is 6.84. The number of amides is 1. The molecule has 0 saturated carbocycles. The number of hydrogen-bond acceptors (Lipinski definition) is 4. The molecular weight excluding hydrogens is 352 g/mol. The largest absolute Gasteiger partial charge is 0.323 e. The van der Waals surface area contributed by atoms with Gasteiger partial charge in [0.1, 0.15) is 0 Å². The molecule has 4 rings (SSSR count). The molecular formula is C22H20N4O2. The zero-order chi connectivity index (χ0) is 19.5. The maximum Gasteiger partial charge on any atom is 0.248 e. The lowest BCUT2D eigenvalue weighted by molar-refractivity contribution is -0.111. The third-order valence-corrected chi connectivity index (χ3v) is 4.81. The number of aromatic nitrogens is 3. The van der Waals surface area contributed by atoms with Gasteiger partial charge in [0, 0.05) is 60.5 Å². The van der Waals surface area contributed by atoms with Crippen LogP contribution in [0, 0.1) is 0 Å². The number of anilines is 1. The molecule has 3 aromatic rings. The van der Waals surface area contributed by atoms with Crippen LogP contribution in [0.1, 0.15) is 34.3 Å². The highest BCUT2D eigenvalue weighted by Gasteiger charge is 2.17. The Morgan fingerprint density at radius 1 is 1.18 bits per heavy atom. The van der Waals surface area contributed by atoms with Crippen molar-refractivity contribution in [3.63, 3.8) is 0 Å². The molecule has 0 radical (unpaired) electrons. The van der Waals surface area contributed by atoms with Crippen molar-refractivity contribution in [3.8, 4) is 11.1 Å². The van der Waals surface area contributed by atoms with Crippen molar-refractivity contribution < 1.29 is 9.59 Å². The first-order valence-corrected chi connectivity index (χ1v) is 9.18. The summed E-state index contributed by atoms with van der Waals surface area (Å²) in [5.74, 6) is -0.0541. The zero-order valence-corrected chi connectivity index (χ0v) is 15.6. The Bertz CT molecular complexity index is 1080. The Balaban J connectivity index is 1.50. The van der Waals surface area contributed by atoms with E-state index in [1.807, 2.05) is 25.4 Å². The molecule has 0 spiro atoms. The predicted molar refractivity (Wildman–Crippen MR) is 108 cm³/mol. The van der Waals surface area contributed by atoms with E-state index in [1.165, 1.54) is 6.08 Å². The Labute approximate surface area is 162 Å². The van der Waals surface area contributed by atoms with Crippen molar-refractivity contribution >= 4 is 23.5 Å². The average molecular weight is 372 g/mol. The first-order valence-electron chi connectivity index (χ1n) is 9.18. The molecule has 0 atom stereocenters. The lowest BCUT2D eigenvalue weighted by Gasteiger charge is -2.15. The Morgan fingerprint density at radius 3 is 2.89 bits per heavy atom. The van der Waals surface area contributed by atoms with Gasteiger partial charge in [-0.3, -0.25) is 19.3 Å². The number of fused-ring (bicyclic) bond motifs is 1. The zero-order valence-electron chi connectivity index (χ0n) is 15.6. The van der Waals surface area contributed by atoms with Crippen LogP contribution < -0.4 is 5.32 Å². The molecule has 1 N–H and O–H groups in total. The van der Waals surface area contributed by atoms with Gasteiger partial charge >= 0.3 is 0 Å². The molecule has 2 heterocycles. The van der Waals surface area contributed by atoms with Crippen LogP contribution in [-0.4, -0.2) is 26.5 Å². The highest BCUT2D eigenvalue weighted by molar-refractivity contribution is 6.03. The van der Waals surface area contributed by atoms with Crippen molar-refractivity contribution in [1.82, 2.24) is 14.8 Å². The first-order chi connectivity index (χ1) is 13.6. The molecule has 0 bridgehead atoms. The fraction of sp³-hybridized carbons (Fsp3) is 0.182. The van der Waals surface area contributed by atoms with E-state index in [0.29, 0.717) is 12.1 Å². The topological polar surface area (TPSA) is 76.9 Å². The van der Waals surface area contributed by atoms with Crippen molar-refractivity contribution in [3.05, 3.63) is 71.8 Å². The van der Waals surface area contributed by atoms with Gasteiger partial charge in [-0.05, 0) is 54.3 Å². The molecule has 6 heteroatoms. The van der Waals surface area contributed by atoms with E-state index < -0.39 is 0 Å². The van der Waals surface area contributed by atoms with Gasteiger partial charge in [-0.2, -0.15) is 5.10 Å². The van der Waals surface area contributed by atoms with Gasteiger partial charge in [-0.1, -0.05) is 0 Å². The summed E-state index contributed by atoms with van der Waals surface area (Å²) >= 11 is 0. The number of carbonyl (C=O) groups is 2. The van der Waals surface area contributed by atoms with Gasteiger partial charge in [0.15, 0.2) is 5.78 Å². The summed E-state index contributed by atoms with van der Waals surface area (Å²) in [6.45, 7) is 0. The summed E-state index contributed by atoms with van der Waals surface area (Å²) in [6.07, 6.45) is 12.7. The molecule has 2 aromatic heterocycles. The number of carbonyl (C=O) groups excluding carboxylic acids is 2. The Hall–Kier alpha value is -3.54. The van der Waals surface area contributed by atoms with E-state index in [4.69, 9.17) is 0 Å². The molecule has 0 fully saturated rings. The van der Waals surface area contributed by atoms with E-state index in [9.17, 15) is 9.59 Å². The van der Waals surface area contributed by atoms with Gasteiger partial charge < -0.3 is 5.32 Å². The highest BCUT2D eigenvalue weighted by Crippen LogP contribution is 2.25. The number of hydrogen-bond donors (Lipinski definition) is 1. The Morgan fingerprint density at radius 2 is 2.07 bits per heavy atom. The number of pyridine rings is 1. The predicted octanol–water partition coefficient (Wildman–Crippen LogP) is 3.65. The maximum atomic E-state index is 12.4. The van der Waals surface area contributed by atoms with Gasteiger partial charge in [0.05, 0.1) is 6.20 Å². The van der Waals surface area contributed by atoms with Crippen LogP contribution >= 0.6 is 0 Å². The summed E-state index contributed by atoms with van der Waals surface area (Å²) in [5.41, 5.74) is 5.23. The molecule has 1 aromatic carbocycles. The summed E-state index contributed by atoms with van der Waals surface area (Å²) in [7, 11) is 1.86. The number of ketones is 1. The smallest absolute Gasteiger partial charge is 0.248 e. The Kier molecular flexibility index (Phi) is 4.85. The summed E-state index contributed by atoms with van der Waals surface area (Å²) < 4.78 is 1.73. The van der Waals surface area contributed by atoms with Crippen molar-refractivity contribution in [2.75, 3.05) is 5.32 Å². The third-order valence-electron chi connectivity index (χ3n) is 4.81. The van der Waals surface area contributed by atoms with E-state index in [1.54, 1.807) is 41.5 Å². The molecule has 6 nitrogen and oxygen atoms in total. The van der Waals surface area contributed by atoms with Crippen LogP contribution in [0.25, 0.3) is 17.2 Å². The van der Waals surface area contributed by atoms with Gasteiger partial charge in [0.2, 0.25) is 5.91 Å². The van der Waals surface area contributed by atoms with Crippen molar-refractivity contribution in [2.45, 2.75) is 19.3 Å². The van der Waals surface area contributed by atoms with E-state index in [0.717, 1.165) is 40.7 Å². The van der Waals surface area contributed by atoms with E-state index in [-0.39, 0.29) is 11.7 Å². The fourth-order valence-corrected chi connectivity index (χ4v) is 3.44. The van der Waals surface area contributed by atoms with Crippen LogP contribution in [0.5, 0.6) is 0 Å². The van der Waals surface area contributed by atoms with Crippen molar-refractivity contribution in [1.29, 1.82) is 0 Å². The van der Waals surface area contributed by atoms with Crippen molar-refractivity contribution in [2.24, 2.45) is 7.05 Å². The minimum absolute atomic E-state index is 0.179. The quantitative estimate of drug-likeness (QED) is 0.709. The van der Waals surface area contributed by atoms with Crippen LogP contribution in [0.3, 0.4) is 0 Å². The summed E-state index contributed by atoms with van der Waals surface area (Å²) in [4.78, 5) is 28.4. The summed E-state index contributed by atoms with van der Waals surface area (Å²) in [5, 5.41) is 7.06. The van der Waals surface area contributed by atoms with Crippen LogP contribution in [0.4, 0.5) is 5.69 Å². The molecule has 1 amide bonds. The number of benzene rings is 1. The number of Topliss-reactive ketones (excluding diaryl/α,β-unsaturated/α-hetero) is 1. The molecule has 1 aliphatic carbocycles. The normalized spacial score (nSPS) is 13.5. The van der Waals surface area contributed by atoms with Crippen LogP contribution in [0.15, 0.2) is 55.1 Å². The number of nitrogens with one attached hydrogen (secondary N) is 1. The van der Waals surface area contributed by atoms with Gasteiger partial charge in [0.25, 0.3) is 0 Å². The monoisotopic (exact) mass is 372 g/mol. The van der Waals surface area contributed by atoms with Gasteiger partial charge in [-0.25, -0.2) is 0 Å². The van der Waals surface area contributed by atoms with Gasteiger partial charge in [-0.15, -0.1) is 0 Å². The first kappa shape index (κ1) is 17.9.